The van der Waals surface area contributed by atoms with Crippen LogP contribution in [0.25, 0.3) is 33.4 Å². The first kappa shape index (κ1) is 37.0. The number of carboxylic acids is 1. The van der Waals surface area contributed by atoms with E-state index in [1.54, 1.807) is 38.1 Å². The fourth-order valence-corrected chi connectivity index (χ4v) is 7.86. The molecule has 4 aliphatic rings. The predicted octanol–water partition coefficient (Wildman–Crippen LogP) is 6.82. The lowest BCUT2D eigenvalue weighted by molar-refractivity contribution is -0.118. The second-order valence-corrected chi connectivity index (χ2v) is 13.8. The fourth-order valence-electron chi connectivity index (χ4n) is 6.13. The van der Waals surface area contributed by atoms with Gasteiger partial charge in [0, 0.05) is 51.8 Å². The third kappa shape index (κ3) is 9.28. The van der Waals surface area contributed by atoms with Crippen molar-refractivity contribution in [3.05, 3.63) is 70.4 Å². The Morgan fingerprint density at radius 2 is 1.75 bits per heavy atom. The zero-order valence-electron chi connectivity index (χ0n) is 28.1. The summed E-state index contributed by atoms with van der Waals surface area (Å²) in [6.07, 6.45) is 4.43. The Kier molecular flexibility index (Phi) is 12.4. The number of carbonyl (C=O) groups is 3. The Bertz CT molecular complexity index is 2140. The zero-order chi connectivity index (χ0) is 36.5. The van der Waals surface area contributed by atoms with Crippen molar-refractivity contribution in [2.75, 3.05) is 11.1 Å². The summed E-state index contributed by atoms with van der Waals surface area (Å²) in [7, 11) is 0. The number of thiocarbonyl (C=S) groups is 1. The average Bonchev–Trinajstić information content (AvgIpc) is 3.66. The van der Waals surface area contributed by atoms with E-state index in [1.165, 1.54) is 30.3 Å². The number of anilines is 1. The van der Waals surface area contributed by atoms with E-state index < -0.39 is 5.97 Å². The third-order valence-electron chi connectivity index (χ3n) is 8.50. The Balaban J connectivity index is 0.000000226. The van der Waals surface area contributed by atoms with Crippen LogP contribution >= 0.6 is 24.0 Å². The van der Waals surface area contributed by atoms with Gasteiger partial charge < -0.3 is 30.6 Å². The molecular weight excluding hydrogens is 687 g/mol. The van der Waals surface area contributed by atoms with Crippen LogP contribution in [0.15, 0.2) is 63.8 Å². The van der Waals surface area contributed by atoms with Gasteiger partial charge in [-0.25, -0.2) is 9.59 Å². The monoisotopic (exact) mass is 723 g/mol. The van der Waals surface area contributed by atoms with Crippen molar-refractivity contribution in [3.63, 3.8) is 0 Å². The number of nitrogens with one attached hydrogen (secondary N) is 3. The first-order chi connectivity index (χ1) is 24.6. The molecule has 262 valence electrons. The molecule has 2 fully saturated rings. The molecule has 3 heterocycles. The van der Waals surface area contributed by atoms with Gasteiger partial charge in [0.15, 0.2) is 5.43 Å². The quantitative estimate of drug-likeness (QED) is 0.0387. The van der Waals surface area contributed by atoms with Crippen LogP contribution in [0.3, 0.4) is 0 Å². The number of phenols is 1. The SMILES string of the molecule is CC#CCC(=O)CCCC[C@@H]1SC[C@@H]2NC(=O)N[C@@H]21.CC#CCC(=S)Nc1ccc(-c2c3ccc(=O)cc-3oc3cc(O)ccc23)c(C(=O)O)c1. The third-order valence-corrected chi connectivity index (χ3v) is 10.3. The number of carboxylic acid groups (broad SMARTS) is 1. The van der Waals surface area contributed by atoms with Crippen LogP contribution < -0.4 is 21.4 Å². The van der Waals surface area contributed by atoms with E-state index in [2.05, 4.69) is 39.6 Å². The highest BCUT2D eigenvalue weighted by Crippen LogP contribution is 2.42. The molecule has 51 heavy (non-hydrogen) atoms. The molecule has 0 aromatic heterocycles. The fraction of sp³-hybridized carbons (Fsp3) is 0.308. The van der Waals surface area contributed by atoms with Gasteiger partial charge >= 0.3 is 12.0 Å². The summed E-state index contributed by atoms with van der Waals surface area (Å²) in [6, 6.07) is 14.4. The smallest absolute Gasteiger partial charge is 0.336 e. The normalized spacial score (nSPS) is 17.1. The highest BCUT2D eigenvalue weighted by molar-refractivity contribution is 8.00. The maximum atomic E-state index is 12.2. The Labute approximate surface area is 305 Å². The largest absolute Gasteiger partial charge is 0.508 e. The lowest BCUT2D eigenvalue weighted by Crippen LogP contribution is -2.36. The molecule has 2 aromatic carbocycles. The van der Waals surface area contributed by atoms with Gasteiger partial charge in [-0.2, -0.15) is 11.8 Å². The van der Waals surface area contributed by atoms with Crippen LogP contribution in [0.5, 0.6) is 5.75 Å². The van der Waals surface area contributed by atoms with E-state index in [-0.39, 0.29) is 34.6 Å². The van der Waals surface area contributed by atoms with E-state index in [0.29, 0.717) is 74.6 Å². The van der Waals surface area contributed by atoms with E-state index in [9.17, 15) is 29.4 Å². The standard InChI is InChI=1S/C25H17NO5S.C14H20N2O2S/c1-2-3-4-23(32)26-14-5-8-17(20(11-14)25(29)30)24-18-9-6-15(27)12-21(18)31-22-13-16(28)7-10-19(22)24;1-2-3-6-10(17)7-4-5-8-12-13-11(9-19-12)15-14(18)16-13/h5-13,27H,4H2,1H3,(H,26,32)(H,29,30);11-13H,4-9H2,1H3,(H2,15,16,18)/t;11-,12-,13-/m.0/s1. The number of thioether (sulfide) groups is 1. The molecule has 3 atom stereocenters. The Morgan fingerprint density at radius 3 is 2.51 bits per heavy atom. The van der Waals surface area contributed by atoms with Crippen molar-refractivity contribution >= 4 is 63.4 Å². The number of urea groups is 1. The summed E-state index contributed by atoms with van der Waals surface area (Å²) < 4.78 is 5.83. The topological polar surface area (TPSA) is 158 Å². The molecule has 2 amide bonds. The molecule has 12 heteroatoms. The number of unbranched alkanes of at least 4 members (excludes halogenated alkanes) is 1. The number of amides is 2. The van der Waals surface area contributed by atoms with Crippen LogP contribution in [0.4, 0.5) is 10.5 Å². The van der Waals surface area contributed by atoms with Crippen molar-refractivity contribution in [1.82, 2.24) is 10.6 Å². The maximum absolute atomic E-state index is 12.2. The summed E-state index contributed by atoms with van der Waals surface area (Å²) in [6.45, 7) is 3.47. The van der Waals surface area contributed by atoms with Gasteiger partial charge in [-0.05, 0) is 68.7 Å². The highest BCUT2D eigenvalue weighted by Gasteiger charge is 2.42. The van der Waals surface area contributed by atoms with Crippen molar-refractivity contribution in [1.29, 1.82) is 0 Å². The lowest BCUT2D eigenvalue weighted by atomic mass is 9.90. The molecular formula is C39H37N3O7S2. The molecule has 6 rings (SSSR count). The first-order valence-electron chi connectivity index (χ1n) is 16.4. The summed E-state index contributed by atoms with van der Waals surface area (Å²) in [5.41, 5.74) is 2.28. The molecule has 10 nitrogen and oxygen atoms in total. The number of fused-ring (bicyclic) bond motifs is 3. The van der Waals surface area contributed by atoms with Crippen molar-refractivity contribution in [2.24, 2.45) is 0 Å². The Morgan fingerprint density at radius 1 is 0.980 bits per heavy atom. The molecule has 5 N–H and O–H groups in total. The minimum atomic E-state index is -1.12. The molecule has 0 saturated carbocycles. The van der Waals surface area contributed by atoms with Crippen LogP contribution in [-0.4, -0.2) is 56.1 Å². The number of rotatable bonds is 10. The summed E-state index contributed by atoms with van der Waals surface area (Å²) in [5.74, 6) is 11.6. The molecule has 0 spiro atoms. The van der Waals surface area contributed by atoms with Gasteiger partial charge in [-0.15, -0.1) is 11.8 Å². The number of benzene rings is 3. The number of Topliss-reactive ketones (excluding diaryl/α,β-unsaturated/α-hetero) is 1. The Hall–Kier alpha value is -5.30. The van der Waals surface area contributed by atoms with Gasteiger partial charge in [-0.3, -0.25) is 9.59 Å². The lowest BCUT2D eigenvalue weighted by Gasteiger charge is -2.17. The summed E-state index contributed by atoms with van der Waals surface area (Å²) >= 11 is 7.19. The molecule has 0 unspecified atom stereocenters. The molecule has 2 saturated heterocycles. The second-order valence-electron chi connectivity index (χ2n) is 12.0. The van der Waals surface area contributed by atoms with E-state index in [1.807, 2.05) is 11.8 Å². The number of aromatic carboxylic acids is 1. The molecule has 0 radical (unpaired) electrons. The second kappa shape index (κ2) is 17.1. The molecule has 0 bridgehead atoms. The number of hydrogen-bond acceptors (Lipinski definition) is 8. The van der Waals surface area contributed by atoms with Crippen LogP contribution in [0, 0.1) is 23.7 Å². The number of aromatic hydroxyl groups is 1. The van der Waals surface area contributed by atoms with E-state index >= 15 is 0 Å². The minimum absolute atomic E-state index is 0.00785. The van der Waals surface area contributed by atoms with Crippen LogP contribution in [-0.2, 0) is 4.79 Å². The average molecular weight is 724 g/mol. The highest BCUT2D eigenvalue weighted by atomic mass is 32.2. The minimum Gasteiger partial charge on any atom is -0.508 e. The van der Waals surface area contributed by atoms with Crippen LogP contribution in [0.1, 0.15) is 62.7 Å². The number of ketones is 1. The number of phenolic OH excluding ortho intramolecular Hbond substituents is 1. The predicted molar refractivity (Wildman–Crippen MR) is 204 cm³/mol. The van der Waals surface area contributed by atoms with Crippen molar-refractivity contribution < 1.29 is 29.0 Å². The molecule has 1 aliphatic carbocycles. The van der Waals surface area contributed by atoms with Gasteiger partial charge in [0.25, 0.3) is 0 Å². The number of carbonyl (C=O) groups excluding carboxylic acids is 2. The van der Waals surface area contributed by atoms with Crippen molar-refractivity contribution in [2.45, 2.75) is 69.7 Å². The van der Waals surface area contributed by atoms with E-state index in [0.717, 1.165) is 25.0 Å². The first-order valence-corrected chi connectivity index (χ1v) is 17.9. The van der Waals surface area contributed by atoms with Gasteiger partial charge in [0.1, 0.15) is 22.9 Å². The van der Waals surface area contributed by atoms with E-state index in [4.69, 9.17) is 16.6 Å². The zero-order valence-corrected chi connectivity index (χ0v) is 29.8. The van der Waals surface area contributed by atoms with Gasteiger partial charge in [-0.1, -0.05) is 36.5 Å². The maximum Gasteiger partial charge on any atom is 0.336 e. The van der Waals surface area contributed by atoms with Crippen molar-refractivity contribution in [3.8, 4) is 51.9 Å². The number of hydrogen-bond donors (Lipinski definition) is 5. The summed E-state index contributed by atoms with van der Waals surface area (Å²) in [5, 5.41) is 29.9. The van der Waals surface area contributed by atoms with Gasteiger partial charge in [0.2, 0.25) is 0 Å². The molecule has 3 aliphatic heterocycles. The molecule has 2 aromatic rings. The summed E-state index contributed by atoms with van der Waals surface area (Å²) in [4.78, 5) is 47.3. The van der Waals surface area contributed by atoms with Crippen LogP contribution in [0.2, 0.25) is 0 Å². The van der Waals surface area contributed by atoms with Gasteiger partial charge in [0.05, 0.1) is 35.5 Å².